The number of para-hydroxylation sites is 1. The van der Waals surface area contributed by atoms with Crippen molar-refractivity contribution in [3.8, 4) is 11.1 Å². The number of rotatable bonds is 4. The molecule has 0 aromatic heterocycles. The van der Waals surface area contributed by atoms with Gasteiger partial charge in [-0.05, 0) is 35.9 Å². The molecule has 7 nitrogen and oxygen atoms in total. The van der Waals surface area contributed by atoms with Gasteiger partial charge in [0.05, 0.1) is 23.7 Å². The van der Waals surface area contributed by atoms with E-state index < -0.39 is 28.0 Å². The lowest BCUT2D eigenvalue weighted by Gasteiger charge is -2.44. The second-order valence-corrected chi connectivity index (χ2v) is 10.6. The van der Waals surface area contributed by atoms with Gasteiger partial charge in [0.2, 0.25) is 10.0 Å². The quantitative estimate of drug-likeness (QED) is 0.558. The zero-order chi connectivity index (χ0) is 25.3. The maximum atomic E-state index is 15.7. The minimum Gasteiger partial charge on any atom is -0.355 e. The van der Waals surface area contributed by atoms with Crippen LogP contribution in [0, 0.1) is 5.82 Å². The summed E-state index contributed by atoms with van der Waals surface area (Å²) in [5.41, 5.74) is 0.247. The van der Waals surface area contributed by atoms with Crippen LogP contribution in [-0.4, -0.2) is 61.8 Å². The number of alkyl halides is 1. The second kappa shape index (κ2) is 9.61. The van der Waals surface area contributed by atoms with E-state index in [0.29, 0.717) is 11.3 Å². The number of sulfonamides is 1. The van der Waals surface area contributed by atoms with Crippen LogP contribution < -0.4 is 5.32 Å². The molecule has 2 amide bonds. The molecule has 1 spiro atoms. The van der Waals surface area contributed by atoms with E-state index in [4.69, 9.17) is 4.74 Å². The lowest BCUT2D eigenvalue weighted by molar-refractivity contribution is -0.134. The summed E-state index contributed by atoms with van der Waals surface area (Å²) in [5, 5.41) is 2.81. The number of nitrogens with one attached hydrogen (secondary N) is 1. The highest BCUT2D eigenvalue weighted by molar-refractivity contribution is 7.89. The molecule has 36 heavy (non-hydrogen) atoms. The SMILES string of the molecule is O=C(Nc1ccccc1-c1ccc(F)cc1)N1CCC2(OCCN2S(=O)(=O)c2ccccc2)C(F)C1. The molecule has 10 heteroatoms. The molecule has 0 bridgehead atoms. The van der Waals surface area contributed by atoms with Gasteiger partial charge in [-0.2, -0.15) is 4.31 Å². The summed E-state index contributed by atoms with van der Waals surface area (Å²) in [6.45, 7) is -0.115. The molecule has 2 heterocycles. The van der Waals surface area contributed by atoms with Gasteiger partial charge in [-0.1, -0.05) is 48.5 Å². The van der Waals surface area contributed by atoms with E-state index in [1.165, 1.54) is 29.2 Å². The van der Waals surface area contributed by atoms with E-state index in [1.807, 2.05) is 0 Å². The first-order valence-corrected chi connectivity index (χ1v) is 13.0. The molecule has 2 aliphatic heterocycles. The van der Waals surface area contributed by atoms with E-state index in [1.54, 1.807) is 54.6 Å². The average Bonchev–Trinajstić information content (AvgIpc) is 3.33. The third-order valence-electron chi connectivity index (χ3n) is 6.62. The first-order valence-electron chi connectivity index (χ1n) is 11.6. The van der Waals surface area contributed by atoms with E-state index in [9.17, 15) is 17.6 Å². The summed E-state index contributed by atoms with van der Waals surface area (Å²) in [6.07, 6.45) is -1.75. The Morgan fingerprint density at radius 1 is 0.972 bits per heavy atom. The number of hydrogen-bond donors (Lipinski definition) is 1. The van der Waals surface area contributed by atoms with Gasteiger partial charge in [0.15, 0.2) is 11.9 Å². The van der Waals surface area contributed by atoms with E-state index in [-0.39, 0.29) is 43.4 Å². The monoisotopic (exact) mass is 513 g/mol. The van der Waals surface area contributed by atoms with Gasteiger partial charge < -0.3 is 15.0 Å². The van der Waals surface area contributed by atoms with Crippen molar-refractivity contribution in [2.45, 2.75) is 23.2 Å². The van der Waals surface area contributed by atoms with Crippen LogP contribution in [0.4, 0.5) is 19.3 Å². The van der Waals surface area contributed by atoms with Gasteiger partial charge in [-0.25, -0.2) is 22.0 Å². The average molecular weight is 514 g/mol. The Labute approximate surface area is 208 Å². The topological polar surface area (TPSA) is 79.0 Å². The van der Waals surface area contributed by atoms with Gasteiger partial charge in [0.25, 0.3) is 0 Å². The number of urea groups is 1. The highest BCUT2D eigenvalue weighted by Gasteiger charge is 2.57. The molecule has 2 unspecified atom stereocenters. The Morgan fingerprint density at radius 3 is 2.39 bits per heavy atom. The zero-order valence-corrected chi connectivity index (χ0v) is 20.1. The van der Waals surface area contributed by atoms with Crippen LogP contribution in [0.3, 0.4) is 0 Å². The maximum Gasteiger partial charge on any atom is 0.321 e. The molecule has 2 aliphatic rings. The number of piperidine rings is 1. The number of benzene rings is 3. The minimum atomic E-state index is -3.98. The molecule has 1 N–H and O–H groups in total. The fourth-order valence-corrected chi connectivity index (χ4v) is 6.52. The molecule has 2 saturated heterocycles. The predicted octanol–water partition coefficient (Wildman–Crippen LogP) is 4.49. The van der Waals surface area contributed by atoms with Gasteiger partial charge in [0.1, 0.15) is 5.82 Å². The molecule has 2 fully saturated rings. The third kappa shape index (κ3) is 4.36. The molecule has 0 aliphatic carbocycles. The van der Waals surface area contributed by atoms with Crippen molar-refractivity contribution in [3.63, 3.8) is 0 Å². The van der Waals surface area contributed by atoms with Crippen molar-refractivity contribution in [2.75, 3.05) is 31.6 Å². The number of hydrogen-bond acceptors (Lipinski definition) is 4. The molecular formula is C26H25F2N3O4S. The fraction of sp³-hybridized carbons (Fsp3) is 0.269. The Bertz CT molecular complexity index is 1360. The van der Waals surface area contributed by atoms with E-state index in [0.717, 1.165) is 9.87 Å². The summed E-state index contributed by atoms with van der Waals surface area (Å²) < 4.78 is 62.4. The predicted molar refractivity (Wildman–Crippen MR) is 131 cm³/mol. The summed E-state index contributed by atoms with van der Waals surface area (Å²) in [6, 6.07) is 20.3. The number of anilines is 1. The minimum absolute atomic E-state index is 0.00669. The molecular weight excluding hydrogens is 488 g/mol. The Hall–Kier alpha value is -3.34. The fourth-order valence-electron chi connectivity index (χ4n) is 4.78. The van der Waals surface area contributed by atoms with Crippen LogP contribution in [0.5, 0.6) is 0 Å². The number of carbonyl (C=O) groups is 1. The van der Waals surface area contributed by atoms with Crippen molar-refractivity contribution in [1.29, 1.82) is 0 Å². The summed E-state index contributed by atoms with van der Waals surface area (Å²) in [5.74, 6) is -0.367. The van der Waals surface area contributed by atoms with Crippen LogP contribution in [0.2, 0.25) is 0 Å². The highest BCUT2D eigenvalue weighted by atomic mass is 32.2. The number of ether oxygens (including phenoxy) is 1. The van der Waals surface area contributed by atoms with Crippen LogP contribution in [-0.2, 0) is 14.8 Å². The molecule has 3 aromatic carbocycles. The largest absolute Gasteiger partial charge is 0.355 e. The van der Waals surface area contributed by atoms with E-state index in [2.05, 4.69) is 5.32 Å². The Kier molecular flexibility index (Phi) is 6.50. The number of carbonyl (C=O) groups excluding carboxylic acids is 1. The standard InChI is InChI=1S/C26H25F2N3O4S/c27-20-12-10-19(11-13-20)22-8-4-5-9-23(22)29-25(32)30-15-14-26(24(28)18-30)31(16-17-35-26)36(33,34)21-6-2-1-3-7-21/h1-13,24H,14-18H2,(H,29,32). The third-order valence-corrected chi connectivity index (χ3v) is 8.56. The summed E-state index contributed by atoms with van der Waals surface area (Å²) in [4.78, 5) is 14.5. The van der Waals surface area contributed by atoms with Gasteiger partial charge >= 0.3 is 6.03 Å². The maximum absolute atomic E-state index is 15.7. The smallest absolute Gasteiger partial charge is 0.321 e. The second-order valence-electron chi connectivity index (χ2n) is 8.73. The van der Waals surface area contributed by atoms with Gasteiger partial charge in [0, 0.05) is 25.1 Å². The number of likely N-dealkylation sites (tertiary alicyclic amines) is 1. The lowest BCUT2D eigenvalue weighted by Crippen LogP contribution is -2.63. The van der Waals surface area contributed by atoms with Crippen molar-refractivity contribution in [2.24, 2.45) is 0 Å². The number of halogens is 2. The zero-order valence-electron chi connectivity index (χ0n) is 19.3. The van der Waals surface area contributed by atoms with Crippen molar-refractivity contribution in [3.05, 3.63) is 84.7 Å². The van der Waals surface area contributed by atoms with Crippen molar-refractivity contribution in [1.82, 2.24) is 9.21 Å². The van der Waals surface area contributed by atoms with Crippen LogP contribution in [0.15, 0.2) is 83.8 Å². The molecule has 2 atom stereocenters. The molecule has 188 valence electrons. The Balaban J connectivity index is 1.33. The summed E-state index contributed by atoms with van der Waals surface area (Å²) >= 11 is 0. The van der Waals surface area contributed by atoms with Gasteiger partial charge in [-0.15, -0.1) is 0 Å². The normalized spacial score (nSPS) is 22.6. The Morgan fingerprint density at radius 2 is 1.67 bits per heavy atom. The first kappa shape index (κ1) is 24.4. The number of amides is 2. The van der Waals surface area contributed by atoms with Crippen LogP contribution in [0.1, 0.15) is 6.42 Å². The van der Waals surface area contributed by atoms with Crippen LogP contribution in [0.25, 0.3) is 11.1 Å². The van der Waals surface area contributed by atoms with E-state index >= 15 is 4.39 Å². The molecule has 3 aromatic rings. The summed E-state index contributed by atoms with van der Waals surface area (Å²) in [7, 11) is -3.98. The highest BCUT2D eigenvalue weighted by Crippen LogP contribution is 2.40. The van der Waals surface area contributed by atoms with Crippen molar-refractivity contribution < 1.29 is 26.7 Å². The molecule has 5 rings (SSSR count). The molecule has 0 saturated carbocycles. The van der Waals surface area contributed by atoms with Gasteiger partial charge in [-0.3, -0.25) is 0 Å². The number of nitrogens with zero attached hydrogens (tertiary/aromatic N) is 2. The van der Waals surface area contributed by atoms with Crippen molar-refractivity contribution >= 4 is 21.7 Å². The van der Waals surface area contributed by atoms with Crippen LogP contribution >= 0.6 is 0 Å². The molecule has 0 radical (unpaired) electrons. The lowest BCUT2D eigenvalue weighted by atomic mass is 9.99. The first-order chi connectivity index (χ1) is 17.3.